The van der Waals surface area contributed by atoms with Gasteiger partial charge in [0.05, 0.1) is 10.6 Å². The van der Waals surface area contributed by atoms with E-state index < -0.39 is 10.0 Å². The molecule has 0 unspecified atom stereocenters. The van der Waals surface area contributed by atoms with Crippen molar-refractivity contribution in [2.45, 2.75) is 24.5 Å². The van der Waals surface area contributed by atoms with Crippen LogP contribution in [0.4, 0.5) is 5.69 Å². The highest BCUT2D eigenvalue weighted by Gasteiger charge is 2.27. The molecule has 0 atom stereocenters. The normalized spacial score (nSPS) is 11.1. The highest BCUT2D eigenvalue weighted by Crippen LogP contribution is 2.28. The molecule has 0 aliphatic carbocycles. The van der Waals surface area contributed by atoms with Crippen LogP contribution in [0.15, 0.2) is 108 Å². The fraction of sp³-hybridized carbons (Fsp3) is 0.194. The number of sulfonamides is 1. The molecule has 0 aliphatic rings. The molecule has 8 heteroatoms. The van der Waals surface area contributed by atoms with Crippen LogP contribution >= 0.6 is 11.8 Å². The lowest BCUT2D eigenvalue weighted by Crippen LogP contribution is -2.41. The van der Waals surface area contributed by atoms with Crippen LogP contribution in [0.3, 0.4) is 0 Å². The summed E-state index contributed by atoms with van der Waals surface area (Å²) in [6.45, 7) is 4.06. The summed E-state index contributed by atoms with van der Waals surface area (Å²) < 4.78 is 34.2. The van der Waals surface area contributed by atoms with Gasteiger partial charge in [-0.05, 0) is 67.9 Å². The highest BCUT2D eigenvalue weighted by atomic mass is 32.2. The molecular weight excluding hydrogens is 528 g/mol. The maximum Gasteiger partial charge on any atom is 0.264 e. The Bertz CT molecular complexity index is 1470. The summed E-state index contributed by atoms with van der Waals surface area (Å²) in [6.07, 6.45) is 0. The second-order valence-electron chi connectivity index (χ2n) is 9.13. The topological polar surface area (TPSA) is 75.7 Å². The molecule has 0 heterocycles. The quantitative estimate of drug-likeness (QED) is 0.205. The van der Waals surface area contributed by atoms with Gasteiger partial charge in [-0.2, -0.15) is 11.8 Å². The number of hydrogen-bond donors (Lipinski definition) is 1. The van der Waals surface area contributed by atoms with Crippen LogP contribution in [0.1, 0.15) is 16.7 Å². The van der Waals surface area contributed by atoms with Crippen LogP contribution < -0.4 is 14.4 Å². The third kappa shape index (κ3) is 8.12. The Hall–Kier alpha value is -3.75. The lowest BCUT2D eigenvalue weighted by molar-refractivity contribution is -0.119. The van der Waals surface area contributed by atoms with Gasteiger partial charge in [0.2, 0.25) is 5.91 Å². The maximum absolute atomic E-state index is 13.6. The average molecular weight is 561 g/mol. The molecule has 4 rings (SSSR count). The minimum atomic E-state index is -3.99. The number of aryl methyl sites for hydroxylation is 2. The van der Waals surface area contributed by atoms with Gasteiger partial charge in [-0.15, -0.1) is 0 Å². The van der Waals surface area contributed by atoms with Crippen molar-refractivity contribution < 1.29 is 17.9 Å². The number of para-hydroxylation sites is 1. The zero-order valence-corrected chi connectivity index (χ0v) is 23.7. The van der Waals surface area contributed by atoms with Crippen molar-refractivity contribution in [3.05, 3.63) is 120 Å². The van der Waals surface area contributed by atoms with Crippen LogP contribution in [-0.2, 0) is 20.6 Å². The molecule has 0 saturated carbocycles. The van der Waals surface area contributed by atoms with Crippen LogP contribution in [0.5, 0.6) is 11.5 Å². The zero-order chi connectivity index (χ0) is 27.7. The summed E-state index contributed by atoms with van der Waals surface area (Å²) in [6, 6.07) is 31.0. The first-order valence-electron chi connectivity index (χ1n) is 12.6. The van der Waals surface area contributed by atoms with E-state index >= 15 is 0 Å². The van der Waals surface area contributed by atoms with E-state index in [1.165, 1.54) is 11.1 Å². The monoisotopic (exact) mass is 560 g/mol. The number of nitrogens with zero attached hydrogens (tertiary/aromatic N) is 1. The predicted molar refractivity (Wildman–Crippen MR) is 159 cm³/mol. The van der Waals surface area contributed by atoms with E-state index in [-0.39, 0.29) is 17.3 Å². The summed E-state index contributed by atoms with van der Waals surface area (Å²) in [5.74, 6) is 2.44. The highest BCUT2D eigenvalue weighted by molar-refractivity contribution is 7.98. The molecule has 1 amide bonds. The number of hydrogen-bond acceptors (Lipinski definition) is 5. The number of nitrogens with one attached hydrogen (secondary N) is 1. The number of rotatable bonds is 12. The van der Waals surface area contributed by atoms with Gasteiger partial charge in [-0.3, -0.25) is 9.10 Å². The molecule has 0 bridgehead atoms. The van der Waals surface area contributed by atoms with E-state index in [1.54, 1.807) is 60.3 Å². The number of ether oxygens (including phenoxy) is 1. The smallest absolute Gasteiger partial charge is 0.264 e. The minimum Gasteiger partial charge on any atom is -0.457 e. The second kappa shape index (κ2) is 13.4. The van der Waals surface area contributed by atoms with Crippen molar-refractivity contribution in [2.75, 3.05) is 23.1 Å². The SMILES string of the molecule is Cc1ccc(S(=O)(=O)N(CC(=O)NCCSCc2cccc(C)c2)c2ccc(Oc3ccccc3)cc2)cc1. The van der Waals surface area contributed by atoms with Gasteiger partial charge in [0.15, 0.2) is 0 Å². The van der Waals surface area contributed by atoms with E-state index in [4.69, 9.17) is 4.74 Å². The number of carbonyl (C=O) groups excluding carboxylic acids is 1. The number of carbonyl (C=O) groups is 1. The average Bonchev–Trinajstić information content (AvgIpc) is 2.93. The van der Waals surface area contributed by atoms with E-state index in [2.05, 4.69) is 30.4 Å². The van der Waals surface area contributed by atoms with Crippen LogP contribution in [0.25, 0.3) is 0 Å². The Morgan fingerprint density at radius 2 is 1.51 bits per heavy atom. The lowest BCUT2D eigenvalue weighted by Gasteiger charge is -2.24. The van der Waals surface area contributed by atoms with Crippen molar-refractivity contribution in [3.63, 3.8) is 0 Å². The summed E-state index contributed by atoms with van der Waals surface area (Å²) in [7, 11) is -3.99. The molecule has 0 aromatic heterocycles. The van der Waals surface area contributed by atoms with Crippen molar-refractivity contribution in [1.29, 1.82) is 0 Å². The van der Waals surface area contributed by atoms with Crippen LogP contribution in [0.2, 0.25) is 0 Å². The van der Waals surface area contributed by atoms with Gasteiger partial charge in [-0.1, -0.05) is 65.7 Å². The molecule has 0 fully saturated rings. The molecule has 6 nitrogen and oxygen atoms in total. The molecular formula is C31H32N2O4S2. The standard InChI is InChI=1S/C31H32N2O4S2/c1-24-11-17-30(18-12-24)39(35,36)33(27-13-15-29(16-14-27)37-28-9-4-3-5-10-28)22-31(34)32-19-20-38-23-26-8-6-7-25(2)21-26/h3-18,21H,19-20,22-23H2,1-2H3,(H,32,34). The molecule has 4 aromatic rings. The Morgan fingerprint density at radius 1 is 0.821 bits per heavy atom. The molecule has 0 aliphatic heterocycles. The molecule has 4 aromatic carbocycles. The fourth-order valence-electron chi connectivity index (χ4n) is 3.90. The first-order chi connectivity index (χ1) is 18.8. The fourth-order valence-corrected chi connectivity index (χ4v) is 6.13. The van der Waals surface area contributed by atoms with Gasteiger partial charge in [-0.25, -0.2) is 8.42 Å². The summed E-state index contributed by atoms with van der Waals surface area (Å²) in [5, 5.41) is 2.87. The van der Waals surface area contributed by atoms with E-state index in [9.17, 15) is 13.2 Å². The maximum atomic E-state index is 13.6. The molecule has 0 radical (unpaired) electrons. The van der Waals surface area contributed by atoms with Crippen molar-refractivity contribution in [2.24, 2.45) is 0 Å². The first kappa shape index (κ1) is 28.3. The first-order valence-corrected chi connectivity index (χ1v) is 15.2. The lowest BCUT2D eigenvalue weighted by atomic mass is 10.2. The van der Waals surface area contributed by atoms with Gasteiger partial charge >= 0.3 is 0 Å². The van der Waals surface area contributed by atoms with E-state index in [1.807, 2.05) is 43.3 Å². The molecule has 202 valence electrons. The van der Waals surface area contributed by atoms with Gasteiger partial charge < -0.3 is 10.1 Å². The van der Waals surface area contributed by atoms with E-state index in [0.717, 1.165) is 21.4 Å². The summed E-state index contributed by atoms with van der Waals surface area (Å²) >= 11 is 1.72. The molecule has 39 heavy (non-hydrogen) atoms. The summed E-state index contributed by atoms with van der Waals surface area (Å²) in [5.41, 5.74) is 3.78. The number of anilines is 1. The van der Waals surface area contributed by atoms with E-state index in [0.29, 0.717) is 23.7 Å². The van der Waals surface area contributed by atoms with Crippen LogP contribution in [0, 0.1) is 13.8 Å². The second-order valence-corrected chi connectivity index (χ2v) is 12.1. The predicted octanol–water partition coefficient (Wildman–Crippen LogP) is 6.34. The van der Waals surface area contributed by atoms with Gasteiger partial charge in [0.1, 0.15) is 18.0 Å². The third-order valence-corrected chi connectivity index (χ3v) is 8.74. The largest absolute Gasteiger partial charge is 0.457 e. The molecule has 0 spiro atoms. The van der Waals surface area contributed by atoms with Gasteiger partial charge in [0.25, 0.3) is 10.0 Å². The zero-order valence-electron chi connectivity index (χ0n) is 22.0. The molecule has 0 saturated heterocycles. The van der Waals surface area contributed by atoms with Crippen molar-refractivity contribution >= 4 is 33.4 Å². The Kier molecular flexibility index (Phi) is 9.68. The Labute approximate surface area is 235 Å². The van der Waals surface area contributed by atoms with Gasteiger partial charge in [0, 0.05) is 18.1 Å². The Morgan fingerprint density at radius 3 is 2.21 bits per heavy atom. The van der Waals surface area contributed by atoms with Crippen LogP contribution in [-0.4, -0.2) is 33.2 Å². The van der Waals surface area contributed by atoms with Crippen molar-refractivity contribution in [3.8, 4) is 11.5 Å². The number of benzene rings is 4. The third-order valence-electron chi connectivity index (χ3n) is 5.92. The minimum absolute atomic E-state index is 0.124. The van der Waals surface area contributed by atoms with Crippen molar-refractivity contribution in [1.82, 2.24) is 5.32 Å². The summed E-state index contributed by atoms with van der Waals surface area (Å²) in [4.78, 5) is 13.0. The molecule has 1 N–H and O–H groups in total. The Balaban J connectivity index is 1.43. The number of amides is 1. The number of thioether (sulfide) groups is 1.